The van der Waals surface area contributed by atoms with Crippen molar-refractivity contribution in [3.05, 3.63) is 64.8 Å². The number of carbonyl (C=O) groups is 1. The first-order chi connectivity index (χ1) is 17.1. The molecular weight excluding hydrogens is 444 g/mol. The topological polar surface area (TPSA) is 89.5 Å². The van der Waals surface area contributed by atoms with Gasteiger partial charge in [0.2, 0.25) is 5.91 Å². The van der Waals surface area contributed by atoms with Crippen molar-refractivity contribution in [3.8, 4) is 11.5 Å². The average Bonchev–Trinajstić information content (AvgIpc) is 3.33. The lowest BCUT2D eigenvalue weighted by atomic mass is 9.89. The number of piperidine rings is 1. The van der Waals surface area contributed by atoms with Crippen molar-refractivity contribution >= 4 is 27.7 Å². The third-order valence-corrected chi connectivity index (χ3v) is 7.03. The third kappa shape index (κ3) is 4.48. The molecule has 0 saturated carbocycles. The second kappa shape index (κ2) is 9.82. The van der Waals surface area contributed by atoms with Gasteiger partial charge in [0.25, 0.3) is 5.56 Å². The largest absolute Gasteiger partial charge is 0.493 e. The number of carbonyl (C=O) groups excluding carboxylic acids is 1. The van der Waals surface area contributed by atoms with E-state index < -0.39 is 0 Å². The molecule has 5 rings (SSSR count). The zero-order chi connectivity index (χ0) is 24.4. The van der Waals surface area contributed by atoms with E-state index in [0.29, 0.717) is 47.7 Å². The maximum Gasteiger partial charge on any atom is 0.261 e. The van der Waals surface area contributed by atoms with Crippen LogP contribution in [0, 0.1) is 0 Å². The highest BCUT2D eigenvalue weighted by Gasteiger charge is 2.25. The molecule has 35 heavy (non-hydrogen) atoms. The molecule has 1 amide bonds. The number of nitrogens with one attached hydrogen (secondary N) is 1. The van der Waals surface area contributed by atoms with Crippen LogP contribution in [0.1, 0.15) is 37.2 Å². The monoisotopic (exact) mass is 474 g/mol. The van der Waals surface area contributed by atoms with Crippen molar-refractivity contribution < 1.29 is 14.3 Å². The van der Waals surface area contributed by atoms with E-state index in [0.717, 1.165) is 31.4 Å². The normalized spacial score (nSPS) is 14.5. The molecule has 1 fully saturated rings. The smallest absolute Gasteiger partial charge is 0.261 e. The molecule has 1 aliphatic heterocycles. The lowest BCUT2D eigenvalue weighted by molar-refractivity contribution is -0.132. The highest BCUT2D eigenvalue weighted by atomic mass is 16.5. The Morgan fingerprint density at radius 3 is 2.60 bits per heavy atom. The first-order valence-corrected chi connectivity index (χ1v) is 12.0. The van der Waals surface area contributed by atoms with Gasteiger partial charge in [-0.1, -0.05) is 18.2 Å². The van der Waals surface area contributed by atoms with Crippen LogP contribution in [0.3, 0.4) is 0 Å². The zero-order valence-corrected chi connectivity index (χ0v) is 20.1. The van der Waals surface area contributed by atoms with Crippen molar-refractivity contribution in [2.45, 2.75) is 38.1 Å². The number of rotatable bonds is 7. The number of hydrogen-bond donors (Lipinski definition) is 1. The number of benzene rings is 2. The zero-order valence-electron chi connectivity index (χ0n) is 20.1. The maximum atomic E-state index is 12.9. The minimum atomic E-state index is -0.150. The van der Waals surface area contributed by atoms with Gasteiger partial charge in [-0.15, -0.1) is 0 Å². The number of nitrogens with zero attached hydrogens (tertiary/aromatic N) is 3. The van der Waals surface area contributed by atoms with Crippen LogP contribution in [0.5, 0.6) is 11.5 Å². The Morgan fingerprint density at radius 2 is 1.83 bits per heavy atom. The summed E-state index contributed by atoms with van der Waals surface area (Å²) in [6, 6.07) is 11.7. The number of aromatic amines is 1. The average molecular weight is 475 g/mol. The minimum Gasteiger partial charge on any atom is -0.493 e. The molecular formula is C27H30N4O4. The maximum absolute atomic E-state index is 12.9. The van der Waals surface area contributed by atoms with E-state index in [4.69, 9.17) is 9.47 Å². The summed E-state index contributed by atoms with van der Waals surface area (Å²) in [6.45, 7) is 1.97. The van der Waals surface area contributed by atoms with Gasteiger partial charge in [-0.3, -0.25) is 14.2 Å². The molecule has 0 aliphatic carbocycles. The van der Waals surface area contributed by atoms with Crippen LogP contribution in [0.25, 0.3) is 21.8 Å². The van der Waals surface area contributed by atoms with Gasteiger partial charge < -0.3 is 19.4 Å². The Balaban J connectivity index is 1.17. The van der Waals surface area contributed by atoms with Crippen molar-refractivity contribution in [1.29, 1.82) is 0 Å². The van der Waals surface area contributed by atoms with Crippen LogP contribution in [0.4, 0.5) is 0 Å². The molecule has 8 nitrogen and oxygen atoms in total. The van der Waals surface area contributed by atoms with Gasteiger partial charge in [0, 0.05) is 49.2 Å². The van der Waals surface area contributed by atoms with Crippen molar-refractivity contribution in [2.75, 3.05) is 27.3 Å². The standard InChI is InChI=1S/C27H30N4O4/c1-34-24-14-20-23(15-25(24)35-2)29-17-31(27(20)33)11-5-8-26(32)30-12-9-18(10-13-30)21-16-28-22-7-4-3-6-19(21)22/h3-4,6-7,14-18,28H,5,8-13H2,1-2H3. The molecule has 0 atom stereocenters. The number of ether oxygens (including phenoxy) is 2. The van der Waals surface area contributed by atoms with Crippen LogP contribution in [0.2, 0.25) is 0 Å². The molecule has 8 heteroatoms. The Morgan fingerprint density at radius 1 is 1.09 bits per heavy atom. The number of aryl methyl sites for hydroxylation is 1. The molecule has 0 unspecified atom stereocenters. The number of para-hydroxylation sites is 1. The number of aromatic nitrogens is 3. The van der Waals surface area contributed by atoms with E-state index in [1.54, 1.807) is 23.8 Å². The predicted octanol–water partition coefficient (Wildman–Crippen LogP) is 4.08. The fraction of sp³-hybridized carbons (Fsp3) is 0.370. The van der Waals surface area contributed by atoms with Crippen LogP contribution in [-0.4, -0.2) is 52.7 Å². The molecule has 2 aromatic heterocycles. The van der Waals surface area contributed by atoms with Crippen LogP contribution >= 0.6 is 0 Å². The van der Waals surface area contributed by atoms with Gasteiger partial charge in [-0.25, -0.2) is 4.98 Å². The lowest BCUT2D eigenvalue weighted by Crippen LogP contribution is -2.38. The Labute approximate surface area is 203 Å². The first kappa shape index (κ1) is 23.0. The fourth-order valence-electron chi connectivity index (χ4n) is 5.08. The predicted molar refractivity (Wildman–Crippen MR) is 135 cm³/mol. The summed E-state index contributed by atoms with van der Waals surface area (Å²) in [7, 11) is 3.08. The second-order valence-corrected chi connectivity index (χ2v) is 9.02. The summed E-state index contributed by atoms with van der Waals surface area (Å²) in [6.07, 6.45) is 6.58. The summed E-state index contributed by atoms with van der Waals surface area (Å²) < 4.78 is 12.2. The van der Waals surface area contributed by atoms with Crippen LogP contribution in [0.15, 0.2) is 53.7 Å². The number of hydrogen-bond acceptors (Lipinski definition) is 5. The molecule has 182 valence electrons. The van der Waals surface area contributed by atoms with Gasteiger partial charge in [-0.2, -0.15) is 0 Å². The lowest BCUT2D eigenvalue weighted by Gasteiger charge is -2.32. The molecule has 0 radical (unpaired) electrons. The number of methoxy groups -OCH3 is 2. The number of likely N-dealkylation sites (tertiary alicyclic amines) is 1. The van der Waals surface area contributed by atoms with E-state index in [2.05, 4.69) is 34.4 Å². The van der Waals surface area contributed by atoms with E-state index in [-0.39, 0.29) is 11.5 Å². The molecule has 0 spiro atoms. The number of H-pyrrole nitrogens is 1. The third-order valence-electron chi connectivity index (χ3n) is 7.03. The summed E-state index contributed by atoms with van der Waals surface area (Å²) in [4.78, 5) is 35.5. The Bertz CT molecular complexity index is 1420. The van der Waals surface area contributed by atoms with Gasteiger partial charge >= 0.3 is 0 Å². The van der Waals surface area contributed by atoms with Crippen LogP contribution in [-0.2, 0) is 11.3 Å². The van der Waals surface area contributed by atoms with Crippen molar-refractivity contribution in [3.63, 3.8) is 0 Å². The number of amides is 1. The fourth-order valence-corrected chi connectivity index (χ4v) is 5.08. The first-order valence-electron chi connectivity index (χ1n) is 12.0. The Hall–Kier alpha value is -3.81. The molecule has 0 bridgehead atoms. The summed E-state index contributed by atoms with van der Waals surface area (Å²) in [5.41, 5.74) is 2.92. The number of fused-ring (bicyclic) bond motifs is 2. The highest BCUT2D eigenvalue weighted by Crippen LogP contribution is 2.33. The van der Waals surface area contributed by atoms with Gasteiger partial charge in [0.1, 0.15) is 0 Å². The highest BCUT2D eigenvalue weighted by molar-refractivity contribution is 5.84. The second-order valence-electron chi connectivity index (χ2n) is 9.02. The van der Waals surface area contributed by atoms with E-state index in [1.807, 2.05) is 11.0 Å². The SMILES string of the molecule is COc1cc2ncn(CCCC(=O)N3CCC(c4c[nH]c5ccccc45)CC3)c(=O)c2cc1OC. The minimum absolute atomic E-state index is 0.149. The van der Waals surface area contributed by atoms with Crippen molar-refractivity contribution in [2.24, 2.45) is 0 Å². The quantitative estimate of drug-likeness (QED) is 0.436. The molecule has 3 heterocycles. The summed E-state index contributed by atoms with van der Waals surface area (Å²) in [5, 5.41) is 1.75. The molecule has 1 N–H and O–H groups in total. The molecule has 1 aliphatic rings. The Kier molecular flexibility index (Phi) is 6.44. The van der Waals surface area contributed by atoms with Gasteiger partial charge in [0.05, 0.1) is 31.4 Å². The molecule has 4 aromatic rings. The van der Waals surface area contributed by atoms with E-state index >= 15 is 0 Å². The van der Waals surface area contributed by atoms with E-state index in [9.17, 15) is 9.59 Å². The van der Waals surface area contributed by atoms with Gasteiger partial charge in [0.15, 0.2) is 11.5 Å². The molecule has 2 aromatic carbocycles. The van der Waals surface area contributed by atoms with Crippen LogP contribution < -0.4 is 15.0 Å². The van der Waals surface area contributed by atoms with Gasteiger partial charge in [-0.05, 0) is 42.9 Å². The summed E-state index contributed by atoms with van der Waals surface area (Å²) >= 11 is 0. The molecule has 1 saturated heterocycles. The van der Waals surface area contributed by atoms with E-state index in [1.165, 1.54) is 24.4 Å². The van der Waals surface area contributed by atoms with Crippen molar-refractivity contribution in [1.82, 2.24) is 19.4 Å². The summed E-state index contributed by atoms with van der Waals surface area (Å²) in [5.74, 6) is 1.63.